The van der Waals surface area contributed by atoms with Crippen LogP contribution in [0, 0.1) is 6.92 Å². The van der Waals surface area contributed by atoms with Gasteiger partial charge in [0, 0.05) is 10.4 Å². The minimum Gasteiger partial charge on any atom is -0.460 e. The average Bonchev–Trinajstić information content (AvgIpc) is 2.44. The second kappa shape index (κ2) is 3.24. The van der Waals surface area contributed by atoms with Crippen molar-refractivity contribution in [3.05, 3.63) is 34.5 Å². The second-order valence-electron chi connectivity index (χ2n) is 2.92. The standard InChI is InChI=1S/C10H8Cl2O/c1-6-8-4-7(12)2-3-9(8)13-10(6)5-11/h2-4H,5H2,1H3. The lowest BCUT2D eigenvalue weighted by Gasteiger charge is -1.90. The second-order valence-corrected chi connectivity index (χ2v) is 3.63. The highest BCUT2D eigenvalue weighted by Gasteiger charge is 2.08. The van der Waals surface area contributed by atoms with E-state index in [0.717, 1.165) is 27.3 Å². The van der Waals surface area contributed by atoms with E-state index in [9.17, 15) is 0 Å². The molecule has 2 aromatic rings. The molecule has 0 amide bonds. The first-order chi connectivity index (χ1) is 6.22. The van der Waals surface area contributed by atoms with Crippen molar-refractivity contribution < 1.29 is 4.42 Å². The number of hydrogen-bond donors (Lipinski definition) is 0. The Labute approximate surface area is 86.2 Å². The zero-order valence-corrected chi connectivity index (χ0v) is 8.62. The Kier molecular flexibility index (Phi) is 2.22. The summed E-state index contributed by atoms with van der Waals surface area (Å²) in [4.78, 5) is 0. The van der Waals surface area contributed by atoms with Crippen LogP contribution in [0.5, 0.6) is 0 Å². The lowest BCUT2D eigenvalue weighted by molar-refractivity contribution is 0.569. The molecule has 0 atom stereocenters. The third-order valence-electron chi connectivity index (χ3n) is 2.12. The zero-order valence-electron chi connectivity index (χ0n) is 7.10. The predicted octanol–water partition coefficient (Wildman–Crippen LogP) is 4.13. The number of halogens is 2. The van der Waals surface area contributed by atoms with Gasteiger partial charge in [-0.1, -0.05) is 11.6 Å². The first-order valence-corrected chi connectivity index (χ1v) is 4.87. The smallest absolute Gasteiger partial charge is 0.134 e. The van der Waals surface area contributed by atoms with Gasteiger partial charge in [0.25, 0.3) is 0 Å². The third kappa shape index (κ3) is 1.43. The van der Waals surface area contributed by atoms with E-state index in [-0.39, 0.29) is 0 Å². The molecule has 1 nitrogen and oxygen atoms in total. The van der Waals surface area contributed by atoms with Gasteiger partial charge in [0.1, 0.15) is 11.3 Å². The van der Waals surface area contributed by atoms with Crippen molar-refractivity contribution in [3.8, 4) is 0 Å². The van der Waals surface area contributed by atoms with Crippen molar-refractivity contribution in [2.24, 2.45) is 0 Å². The Morgan fingerprint density at radius 2 is 2.15 bits per heavy atom. The average molecular weight is 215 g/mol. The SMILES string of the molecule is Cc1c(CCl)oc2ccc(Cl)cc12. The largest absolute Gasteiger partial charge is 0.460 e. The lowest BCUT2D eigenvalue weighted by Crippen LogP contribution is -1.75. The van der Waals surface area contributed by atoms with Crippen molar-refractivity contribution in [2.75, 3.05) is 0 Å². The van der Waals surface area contributed by atoms with Gasteiger partial charge < -0.3 is 4.42 Å². The molecular weight excluding hydrogens is 207 g/mol. The summed E-state index contributed by atoms with van der Waals surface area (Å²) in [7, 11) is 0. The minimum atomic E-state index is 0.401. The Morgan fingerprint density at radius 3 is 2.85 bits per heavy atom. The van der Waals surface area contributed by atoms with Crippen LogP contribution >= 0.6 is 23.2 Å². The molecule has 0 aliphatic heterocycles. The fourth-order valence-electron chi connectivity index (χ4n) is 1.37. The van der Waals surface area contributed by atoms with Gasteiger partial charge in [-0.15, -0.1) is 11.6 Å². The van der Waals surface area contributed by atoms with Crippen LogP contribution in [0.4, 0.5) is 0 Å². The van der Waals surface area contributed by atoms with Gasteiger partial charge in [-0.25, -0.2) is 0 Å². The maximum Gasteiger partial charge on any atom is 0.134 e. The molecule has 1 aromatic carbocycles. The Bertz CT molecular complexity index is 445. The molecule has 0 unspecified atom stereocenters. The highest BCUT2D eigenvalue weighted by Crippen LogP contribution is 2.28. The van der Waals surface area contributed by atoms with E-state index in [4.69, 9.17) is 27.6 Å². The van der Waals surface area contributed by atoms with Gasteiger partial charge in [-0.3, -0.25) is 0 Å². The normalized spacial score (nSPS) is 11.0. The highest BCUT2D eigenvalue weighted by molar-refractivity contribution is 6.31. The predicted molar refractivity (Wildman–Crippen MR) is 55.5 cm³/mol. The minimum absolute atomic E-state index is 0.401. The number of furan rings is 1. The first kappa shape index (κ1) is 8.92. The number of alkyl halides is 1. The number of benzene rings is 1. The maximum absolute atomic E-state index is 5.87. The molecule has 1 heterocycles. The molecule has 3 heteroatoms. The van der Waals surface area contributed by atoms with E-state index < -0.39 is 0 Å². The maximum atomic E-state index is 5.87. The number of rotatable bonds is 1. The fraction of sp³-hybridized carbons (Fsp3) is 0.200. The molecule has 2 rings (SSSR count). The number of fused-ring (bicyclic) bond motifs is 1. The summed E-state index contributed by atoms with van der Waals surface area (Å²) in [6, 6.07) is 5.57. The highest BCUT2D eigenvalue weighted by atomic mass is 35.5. The topological polar surface area (TPSA) is 13.1 Å². The zero-order chi connectivity index (χ0) is 9.42. The van der Waals surface area contributed by atoms with Crippen LogP contribution in [0.1, 0.15) is 11.3 Å². The number of hydrogen-bond acceptors (Lipinski definition) is 1. The van der Waals surface area contributed by atoms with Crippen LogP contribution in [0.3, 0.4) is 0 Å². The van der Waals surface area contributed by atoms with Crippen molar-refractivity contribution in [3.63, 3.8) is 0 Å². The first-order valence-electron chi connectivity index (χ1n) is 3.96. The van der Waals surface area contributed by atoms with Gasteiger partial charge >= 0.3 is 0 Å². The molecule has 0 N–H and O–H groups in total. The van der Waals surface area contributed by atoms with Crippen LogP contribution in [0.25, 0.3) is 11.0 Å². The molecule has 0 saturated carbocycles. The van der Waals surface area contributed by atoms with Gasteiger partial charge in [0.15, 0.2) is 0 Å². The van der Waals surface area contributed by atoms with E-state index in [1.807, 2.05) is 25.1 Å². The van der Waals surface area contributed by atoms with E-state index in [1.54, 1.807) is 0 Å². The van der Waals surface area contributed by atoms with E-state index in [0.29, 0.717) is 5.88 Å². The Morgan fingerprint density at radius 1 is 1.38 bits per heavy atom. The summed E-state index contributed by atoms with van der Waals surface area (Å²) in [6.45, 7) is 1.99. The van der Waals surface area contributed by atoms with Crippen LogP contribution in [-0.4, -0.2) is 0 Å². The molecule has 0 fully saturated rings. The molecule has 13 heavy (non-hydrogen) atoms. The Balaban J connectivity index is 2.77. The number of aryl methyl sites for hydroxylation is 1. The van der Waals surface area contributed by atoms with Crippen molar-refractivity contribution in [1.29, 1.82) is 0 Å². The van der Waals surface area contributed by atoms with Gasteiger partial charge in [0.2, 0.25) is 0 Å². The summed E-state index contributed by atoms with van der Waals surface area (Å²) in [5.74, 6) is 1.22. The van der Waals surface area contributed by atoms with Gasteiger partial charge in [-0.05, 0) is 30.7 Å². The quantitative estimate of drug-likeness (QED) is 0.651. The van der Waals surface area contributed by atoms with Crippen LogP contribution < -0.4 is 0 Å². The molecule has 0 spiro atoms. The van der Waals surface area contributed by atoms with Crippen LogP contribution in [0.2, 0.25) is 5.02 Å². The van der Waals surface area contributed by atoms with Crippen LogP contribution in [0.15, 0.2) is 22.6 Å². The summed E-state index contributed by atoms with van der Waals surface area (Å²) in [5, 5.41) is 1.76. The fourth-order valence-corrected chi connectivity index (χ4v) is 1.80. The van der Waals surface area contributed by atoms with Crippen LogP contribution in [-0.2, 0) is 5.88 Å². The Hall–Kier alpha value is -0.660. The molecular formula is C10H8Cl2O. The molecule has 0 aliphatic rings. The summed E-state index contributed by atoms with van der Waals surface area (Å²) in [6.07, 6.45) is 0. The third-order valence-corrected chi connectivity index (χ3v) is 2.60. The van der Waals surface area contributed by atoms with E-state index >= 15 is 0 Å². The summed E-state index contributed by atoms with van der Waals surface area (Å²) in [5.41, 5.74) is 1.92. The molecule has 0 radical (unpaired) electrons. The van der Waals surface area contributed by atoms with E-state index in [1.165, 1.54) is 0 Å². The molecule has 0 saturated heterocycles. The summed E-state index contributed by atoms with van der Waals surface area (Å²) >= 11 is 11.6. The van der Waals surface area contributed by atoms with Gasteiger partial charge in [-0.2, -0.15) is 0 Å². The van der Waals surface area contributed by atoms with Crippen molar-refractivity contribution in [2.45, 2.75) is 12.8 Å². The molecule has 1 aromatic heterocycles. The van der Waals surface area contributed by atoms with E-state index in [2.05, 4.69) is 0 Å². The van der Waals surface area contributed by atoms with Gasteiger partial charge in [0.05, 0.1) is 5.88 Å². The molecule has 68 valence electrons. The lowest BCUT2D eigenvalue weighted by atomic mass is 10.1. The van der Waals surface area contributed by atoms with Crippen molar-refractivity contribution in [1.82, 2.24) is 0 Å². The summed E-state index contributed by atoms with van der Waals surface area (Å²) < 4.78 is 5.51. The molecule has 0 aliphatic carbocycles. The monoisotopic (exact) mass is 214 g/mol. The molecule has 0 bridgehead atoms. The van der Waals surface area contributed by atoms with Crippen molar-refractivity contribution >= 4 is 34.2 Å².